The Balaban J connectivity index is 1.45. The molecule has 2 aromatic carbocycles. The molecule has 1 aliphatic carbocycles. The fourth-order valence-electron chi connectivity index (χ4n) is 3.90. The lowest BCUT2D eigenvalue weighted by molar-refractivity contribution is -0.148. The molecule has 1 aliphatic rings. The van der Waals surface area contributed by atoms with Gasteiger partial charge in [-0.3, -0.25) is 14.3 Å². The number of rotatable bonds is 8. The number of esters is 1. The molecule has 1 aromatic heterocycles. The van der Waals surface area contributed by atoms with E-state index < -0.39 is 41.3 Å². The summed E-state index contributed by atoms with van der Waals surface area (Å²) in [5.41, 5.74) is 0.580. The molecule has 0 radical (unpaired) electrons. The van der Waals surface area contributed by atoms with Gasteiger partial charge in [-0.15, -0.1) is 0 Å². The number of ether oxygens (including phenoxy) is 2. The number of carbonyl (C=O) groups is 2. The molecule has 1 amide bonds. The van der Waals surface area contributed by atoms with Crippen LogP contribution in [0.5, 0.6) is 0 Å². The van der Waals surface area contributed by atoms with Gasteiger partial charge >= 0.3 is 17.8 Å². The molecule has 4 rings (SSSR count). The summed E-state index contributed by atoms with van der Waals surface area (Å²) in [6, 6.07) is 18.2. The highest BCUT2D eigenvalue weighted by molar-refractivity contribution is 5.82. The van der Waals surface area contributed by atoms with Crippen LogP contribution in [0.2, 0.25) is 0 Å². The Kier molecular flexibility index (Phi) is 7.57. The summed E-state index contributed by atoms with van der Waals surface area (Å²) in [5, 5.41) is 2.63. The van der Waals surface area contributed by atoms with Crippen molar-refractivity contribution >= 4 is 12.1 Å². The molecule has 0 unspecified atom stereocenters. The molecule has 1 heterocycles. The predicted octanol–water partition coefficient (Wildman–Crippen LogP) is 2.69. The van der Waals surface area contributed by atoms with Gasteiger partial charge in [-0.2, -0.15) is 0 Å². The summed E-state index contributed by atoms with van der Waals surface area (Å²) in [5.74, 6) is -1.07. The molecule has 2 N–H and O–H groups in total. The van der Waals surface area contributed by atoms with Gasteiger partial charge in [0.25, 0.3) is 5.56 Å². The lowest BCUT2D eigenvalue weighted by Gasteiger charge is -2.23. The van der Waals surface area contributed by atoms with E-state index in [1.165, 1.54) is 16.8 Å². The number of hydrogen-bond acceptors (Lipinski definition) is 6. The Labute approximate surface area is 201 Å². The van der Waals surface area contributed by atoms with Gasteiger partial charge in [0, 0.05) is 18.2 Å². The van der Waals surface area contributed by atoms with E-state index in [1.54, 1.807) is 12.2 Å². The number of H-pyrrole nitrogens is 1. The van der Waals surface area contributed by atoms with E-state index in [9.17, 15) is 19.2 Å². The Morgan fingerprint density at radius 3 is 2.17 bits per heavy atom. The maximum atomic E-state index is 13.0. The van der Waals surface area contributed by atoms with E-state index in [1.807, 2.05) is 60.7 Å². The van der Waals surface area contributed by atoms with Crippen molar-refractivity contribution in [1.29, 1.82) is 0 Å². The third kappa shape index (κ3) is 6.35. The molecule has 180 valence electrons. The number of amides is 1. The van der Waals surface area contributed by atoms with Gasteiger partial charge in [-0.1, -0.05) is 72.8 Å². The first-order valence-corrected chi connectivity index (χ1v) is 11.2. The van der Waals surface area contributed by atoms with Crippen LogP contribution >= 0.6 is 0 Å². The van der Waals surface area contributed by atoms with Gasteiger partial charge in [-0.05, 0) is 17.5 Å². The number of alkyl carbamates (subject to hydrolysis) is 1. The van der Waals surface area contributed by atoms with E-state index in [0.717, 1.165) is 11.1 Å². The van der Waals surface area contributed by atoms with Crippen molar-refractivity contribution in [3.05, 3.63) is 117 Å². The first kappa shape index (κ1) is 23.7. The topological polar surface area (TPSA) is 119 Å². The van der Waals surface area contributed by atoms with E-state index >= 15 is 0 Å². The quantitative estimate of drug-likeness (QED) is 0.382. The van der Waals surface area contributed by atoms with Gasteiger partial charge < -0.3 is 14.8 Å². The smallest absolute Gasteiger partial charge is 0.408 e. The fraction of sp³-hybridized carbons (Fsp3) is 0.231. The second kappa shape index (κ2) is 11.1. The second-order valence-electron chi connectivity index (χ2n) is 8.15. The number of nitrogens with one attached hydrogen (secondary N) is 2. The van der Waals surface area contributed by atoms with Crippen LogP contribution in [0.25, 0.3) is 0 Å². The van der Waals surface area contributed by atoms with Crippen molar-refractivity contribution in [3.8, 4) is 0 Å². The van der Waals surface area contributed by atoms with Crippen molar-refractivity contribution in [1.82, 2.24) is 14.9 Å². The molecule has 0 bridgehead atoms. The monoisotopic (exact) mass is 475 g/mol. The number of benzene rings is 2. The second-order valence-corrected chi connectivity index (χ2v) is 8.15. The zero-order valence-corrected chi connectivity index (χ0v) is 18.8. The van der Waals surface area contributed by atoms with Crippen LogP contribution < -0.4 is 16.6 Å². The molecule has 9 nitrogen and oxygen atoms in total. The first-order chi connectivity index (χ1) is 17.0. The van der Waals surface area contributed by atoms with E-state index in [4.69, 9.17) is 9.47 Å². The van der Waals surface area contributed by atoms with Gasteiger partial charge in [-0.25, -0.2) is 14.4 Å². The van der Waals surface area contributed by atoms with Crippen LogP contribution in [-0.4, -0.2) is 27.7 Å². The van der Waals surface area contributed by atoms with Crippen LogP contribution in [0.1, 0.15) is 23.6 Å². The summed E-state index contributed by atoms with van der Waals surface area (Å²) in [7, 11) is 0. The molecule has 0 fully saturated rings. The molecule has 3 aromatic rings. The molecular weight excluding hydrogens is 450 g/mol. The summed E-state index contributed by atoms with van der Waals surface area (Å²) >= 11 is 0. The third-order valence-electron chi connectivity index (χ3n) is 5.69. The minimum absolute atomic E-state index is 0.0500. The lowest BCUT2D eigenvalue weighted by Crippen LogP contribution is -2.46. The van der Waals surface area contributed by atoms with Crippen LogP contribution in [-0.2, 0) is 27.5 Å². The summed E-state index contributed by atoms with van der Waals surface area (Å²) < 4.78 is 12.2. The maximum absolute atomic E-state index is 13.0. The predicted molar refractivity (Wildman–Crippen MR) is 127 cm³/mol. The number of hydrogen-bond donors (Lipinski definition) is 2. The van der Waals surface area contributed by atoms with Crippen molar-refractivity contribution in [2.75, 3.05) is 0 Å². The van der Waals surface area contributed by atoms with E-state index in [0.29, 0.717) is 6.42 Å². The molecular formula is C26H25N3O6. The highest BCUT2D eigenvalue weighted by Gasteiger charge is 2.35. The van der Waals surface area contributed by atoms with Gasteiger partial charge in [0.2, 0.25) is 0 Å². The molecule has 0 spiro atoms. The summed E-state index contributed by atoms with van der Waals surface area (Å²) in [6.45, 7) is 0.102. The highest BCUT2D eigenvalue weighted by atomic mass is 16.6. The Morgan fingerprint density at radius 1 is 0.914 bits per heavy atom. The van der Waals surface area contributed by atoms with Crippen molar-refractivity contribution in [2.45, 2.75) is 31.7 Å². The van der Waals surface area contributed by atoms with Crippen molar-refractivity contribution in [2.24, 2.45) is 5.92 Å². The summed E-state index contributed by atoms with van der Waals surface area (Å²) in [6.07, 6.45) is 4.51. The molecule has 9 heteroatoms. The normalized spacial score (nSPS) is 17.5. The Morgan fingerprint density at radius 2 is 1.54 bits per heavy atom. The van der Waals surface area contributed by atoms with E-state index in [-0.39, 0.29) is 13.2 Å². The molecule has 0 saturated heterocycles. The van der Waals surface area contributed by atoms with Crippen LogP contribution in [0.15, 0.2) is 94.7 Å². The largest absolute Gasteiger partial charge is 0.459 e. The number of aromatic nitrogens is 2. The molecule has 0 aliphatic heterocycles. The zero-order valence-electron chi connectivity index (χ0n) is 18.8. The minimum atomic E-state index is -1.03. The SMILES string of the molecule is O=C(N[C@@H](C(=O)OCc1ccccc1)[C@@H]1C=C[C@H](n2ccc(=O)[nH]c2=O)C1)OCc1ccccc1. The summed E-state index contributed by atoms with van der Waals surface area (Å²) in [4.78, 5) is 51.4. The molecule has 0 saturated carbocycles. The number of nitrogens with zero attached hydrogens (tertiary/aromatic N) is 1. The molecule has 3 atom stereocenters. The Hall–Kier alpha value is -4.40. The average Bonchev–Trinajstić information content (AvgIpc) is 3.35. The number of carbonyl (C=O) groups excluding carboxylic acids is 2. The lowest BCUT2D eigenvalue weighted by atomic mass is 9.98. The zero-order chi connectivity index (χ0) is 24.6. The minimum Gasteiger partial charge on any atom is -0.459 e. The van der Waals surface area contributed by atoms with Gasteiger partial charge in [0.05, 0.1) is 6.04 Å². The van der Waals surface area contributed by atoms with Crippen LogP contribution in [0, 0.1) is 5.92 Å². The maximum Gasteiger partial charge on any atom is 0.408 e. The third-order valence-corrected chi connectivity index (χ3v) is 5.69. The first-order valence-electron chi connectivity index (χ1n) is 11.2. The van der Waals surface area contributed by atoms with Crippen LogP contribution in [0.3, 0.4) is 0 Å². The standard InChI is InChI=1S/C26H25N3O6/c30-22-13-14-29(25(32)27-22)21-12-11-20(15-21)23(24(31)34-16-18-7-3-1-4-8-18)28-26(33)35-17-19-9-5-2-6-10-19/h1-14,20-21,23H,15-17H2,(H,28,33)(H,27,30,32)/t20-,21+,23-/m1/s1. The number of allylic oxidation sites excluding steroid dienone is 1. The van der Waals surface area contributed by atoms with Gasteiger partial charge in [0.15, 0.2) is 0 Å². The van der Waals surface area contributed by atoms with Crippen molar-refractivity contribution in [3.63, 3.8) is 0 Å². The van der Waals surface area contributed by atoms with Gasteiger partial charge in [0.1, 0.15) is 19.3 Å². The number of aromatic amines is 1. The van der Waals surface area contributed by atoms with Crippen molar-refractivity contribution < 1.29 is 19.1 Å². The van der Waals surface area contributed by atoms with E-state index in [2.05, 4.69) is 10.3 Å². The fourth-order valence-corrected chi connectivity index (χ4v) is 3.90. The highest BCUT2D eigenvalue weighted by Crippen LogP contribution is 2.29. The Bertz CT molecular complexity index is 1300. The average molecular weight is 476 g/mol. The van der Waals surface area contributed by atoms with Crippen LogP contribution in [0.4, 0.5) is 4.79 Å². The molecule has 35 heavy (non-hydrogen) atoms.